The predicted molar refractivity (Wildman–Crippen MR) is 114 cm³/mol. The van der Waals surface area contributed by atoms with Crippen LogP contribution in [-0.2, 0) is 16.1 Å². The molecule has 11 nitrogen and oxygen atoms in total. The van der Waals surface area contributed by atoms with Gasteiger partial charge in [0.05, 0.1) is 19.3 Å². The van der Waals surface area contributed by atoms with Gasteiger partial charge in [0.2, 0.25) is 17.8 Å². The first-order valence-electron chi connectivity index (χ1n) is 9.97. The van der Waals surface area contributed by atoms with E-state index in [1.165, 1.54) is 11.9 Å². The van der Waals surface area contributed by atoms with Gasteiger partial charge in [0.25, 0.3) is 5.91 Å². The van der Waals surface area contributed by atoms with E-state index in [1.807, 2.05) is 44.2 Å². The molecule has 2 aliphatic rings. The Balaban J connectivity index is 1.83. The first-order valence-corrected chi connectivity index (χ1v) is 9.97. The molecule has 1 saturated heterocycles. The smallest absolute Gasteiger partial charge is 0.421 e. The number of nitrogens with two attached hydrogens (primary N) is 1. The van der Waals surface area contributed by atoms with Crippen molar-refractivity contribution in [3.63, 3.8) is 0 Å². The molecule has 0 saturated carbocycles. The summed E-state index contributed by atoms with van der Waals surface area (Å²) >= 11 is 0. The topological polar surface area (TPSA) is 126 Å². The highest BCUT2D eigenvalue weighted by atomic mass is 16.5. The number of aliphatic imine (C=N–C) groups is 1. The molecule has 4 amide bonds. The summed E-state index contributed by atoms with van der Waals surface area (Å²) in [4.78, 5) is 44.4. The Morgan fingerprint density at radius 3 is 2.47 bits per heavy atom. The van der Waals surface area contributed by atoms with Crippen LogP contribution in [0.2, 0.25) is 0 Å². The molecule has 1 aromatic heterocycles. The second-order valence-corrected chi connectivity index (χ2v) is 7.72. The zero-order valence-corrected chi connectivity index (χ0v) is 18.3. The summed E-state index contributed by atoms with van der Waals surface area (Å²) in [6, 6.07) is 7.78. The SMILES string of the molecule is COc1ccc(C[N+]2=C(n3nc(C)cc3C)N=C3C2C(=O)N(CC(N)=O)C(=O)N3C)cc1. The van der Waals surface area contributed by atoms with E-state index in [0.29, 0.717) is 18.3 Å². The maximum absolute atomic E-state index is 13.4. The van der Waals surface area contributed by atoms with Gasteiger partial charge in [-0.15, -0.1) is 9.78 Å². The van der Waals surface area contributed by atoms with Crippen molar-refractivity contribution < 1.29 is 23.7 Å². The van der Waals surface area contributed by atoms with Gasteiger partial charge >= 0.3 is 12.0 Å². The lowest BCUT2D eigenvalue weighted by atomic mass is 10.1. The molecule has 1 atom stereocenters. The summed E-state index contributed by atoms with van der Waals surface area (Å²) in [7, 11) is 3.11. The van der Waals surface area contributed by atoms with Crippen LogP contribution in [0.3, 0.4) is 0 Å². The Labute approximate surface area is 184 Å². The lowest BCUT2D eigenvalue weighted by Crippen LogP contribution is -2.63. The summed E-state index contributed by atoms with van der Waals surface area (Å²) in [5.74, 6) is 0.0670. The highest BCUT2D eigenvalue weighted by Crippen LogP contribution is 2.23. The number of aromatic nitrogens is 2. The summed E-state index contributed by atoms with van der Waals surface area (Å²) in [6.07, 6.45) is 0. The normalized spacial score (nSPS) is 18.2. The number of nitrogens with zero attached hydrogens (tertiary/aromatic N) is 6. The van der Waals surface area contributed by atoms with Crippen molar-refractivity contribution in [1.29, 1.82) is 0 Å². The van der Waals surface area contributed by atoms with Crippen molar-refractivity contribution in [1.82, 2.24) is 19.6 Å². The van der Waals surface area contributed by atoms with Crippen LogP contribution in [0.4, 0.5) is 4.79 Å². The van der Waals surface area contributed by atoms with E-state index in [2.05, 4.69) is 10.1 Å². The first-order chi connectivity index (χ1) is 15.2. The molecule has 0 radical (unpaired) electrons. The monoisotopic (exact) mass is 438 g/mol. The number of imide groups is 1. The van der Waals surface area contributed by atoms with Gasteiger partial charge in [-0.25, -0.2) is 9.37 Å². The van der Waals surface area contributed by atoms with Gasteiger partial charge in [-0.1, -0.05) is 17.1 Å². The number of fused-ring (bicyclic) bond motifs is 1. The number of rotatable bonds is 5. The molecule has 0 spiro atoms. The minimum Gasteiger partial charge on any atom is -0.497 e. The van der Waals surface area contributed by atoms with E-state index in [4.69, 9.17) is 10.5 Å². The van der Waals surface area contributed by atoms with Crippen molar-refractivity contribution in [3.8, 4) is 5.75 Å². The van der Waals surface area contributed by atoms with Crippen molar-refractivity contribution in [3.05, 3.63) is 47.3 Å². The van der Waals surface area contributed by atoms with Crippen molar-refractivity contribution in [2.45, 2.75) is 26.4 Å². The Morgan fingerprint density at radius 1 is 1.22 bits per heavy atom. The average Bonchev–Trinajstić information content (AvgIpc) is 3.29. The minimum atomic E-state index is -0.905. The number of primary amides is 1. The van der Waals surface area contributed by atoms with Crippen molar-refractivity contribution in [2.75, 3.05) is 20.7 Å². The Kier molecular flexibility index (Phi) is 5.25. The van der Waals surface area contributed by atoms with Crippen LogP contribution in [0.5, 0.6) is 5.75 Å². The van der Waals surface area contributed by atoms with E-state index in [1.54, 1.807) is 16.4 Å². The molecule has 2 aromatic rings. The van der Waals surface area contributed by atoms with Gasteiger partial charge in [0.1, 0.15) is 18.0 Å². The molecule has 1 unspecified atom stereocenters. The summed E-state index contributed by atoms with van der Waals surface area (Å²) in [6.45, 7) is 3.56. The van der Waals surface area contributed by atoms with Gasteiger partial charge in [0.15, 0.2) is 0 Å². The number of carbonyl (C=O) groups excluding carboxylic acids is 3. The van der Waals surface area contributed by atoms with Gasteiger partial charge in [-0.2, -0.15) is 0 Å². The fourth-order valence-electron chi connectivity index (χ4n) is 3.90. The van der Waals surface area contributed by atoms with Crippen LogP contribution in [0.15, 0.2) is 35.3 Å². The van der Waals surface area contributed by atoms with E-state index in [0.717, 1.165) is 21.9 Å². The van der Waals surface area contributed by atoms with Crippen LogP contribution >= 0.6 is 0 Å². The maximum atomic E-state index is 13.4. The zero-order valence-electron chi connectivity index (χ0n) is 18.3. The second kappa shape index (κ2) is 7.91. The molecule has 4 rings (SSSR count). The highest BCUT2D eigenvalue weighted by molar-refractivity contribution is 6.23. The van der Waals surface area contributed by atoms with Gasteiger partial charge in [-0.05, 0) is 37.6 Å². The molecule has 1 fully saturated rings. The van der Waals surface area contributed by atoms with Crippen LogP contribution < -0.4 is 10.5 Å². The molecule has 2 N–H and O–H groups in total. The molecule has 0 aliphatic carbocycles. The standard InChI is InChI=1S/C21H23N7O4/c1-12-9-13(2)28(24-12)20-23-18-17(19(30)27(11-16(22)29)21(31)25(18)3)26(20)10-14-5-7-15(32-4)8-6-14/h5-9,17H,10-11H2,1-4H3,(H-,22,29)/p+1. The van der Waals surface area contributed by atoms with Crippen molar-refractivity contribution >= 4 is 29.6 Å². The van der Waals surface area contributed by atoms with Gasteiger partial charge in [-0.3, -0.25) is 19.4 Å². The van der Waals surface area contributed by atoms with Crippen LogP contribution in [0.1, 0.15) is 17.0 Å². The fourth-order valence-corrected chi connectivity index (χ4v) is 3.90. The van der Waals surface area contributed by atoms with E-state index in [9.17, 15) is 14.4 Å². The van der Waals surface area contributed by atoms with E-state index < -0.39 is 30.4 Å². The Hall–Kier alpha value is -4.02. The van der Waals surface area contributed by atoms with Crippen molar-refractivity contribution in [2.24, 2.45) is 10.7 Å². The Bertz CT molecular complexity index is 1180. The summed E-state index contributed by atoms with van der Waals surface area (Å²) in [5, 5.41) is 4.51. The van der Waals surface area contributed by atoms with E-state index >= 15 is 0 Å². The molecule has 3 heterocycles. The van der Waals surface area contributed by atoms with Gasteiger partial charge < -0.3 is 10.5 Å². The lowest BCUT2D eigenvalue weighted by molar-refractivity contribution is -0.553. The quantitative estimate of drug-likeness (QED) is 0.662. The number of urea groups is 1. The zero-order chi connectivity index (χ0) is 23.2. The number of benzene rings is 1. The third kappa shape index (κ3) is 3.51. The third-order valence-corrected chi connectivity index (χ3v) is 5.41. The molecule has 11 heteroatoms. The third-order valence-electron chi connectivity index (χ3n) is 5.41. The lowest BCUT2D eigenvalue weighted by Gasteiger charge is -2.33. The van der Waals surface area contributed by atoms with Gasteiger partial charge in [0, 0.05) is 7.05 Å². The second-order valence-electron chi connectivity index (χ2n) is 7.72. The number of methoxy groups -OCH3 is 1. The van der Waals surface area contributed by atoms with Crippen LogP contribution in [0.25, 0.3) is 0 Å². The number of aryl methyl sites for hydroxylation is 2. The number of ether oxygens (including phenoxy) is 1. The predicted octanol–water partition coefficient (Wildman–Crippen LogP) is 0.0853. The largest absolute Gasteiger partial charge is 0.497 e. The molecule has 0 bridgehead atoms. The number of amides is 4. The average molecular weight is 438 g/mol. The number of likely N-dealkylation sites (N-methyl/N-ethyl adjacent to an activating group) is 1. The molecular weight excluding hydrogens is 414 g/mol. The fraction of sp³-hybridized carbons (Fsp3) is 0.333. The first kappa shape index (κ1) is 21.2. The molecule has 166 valence electrons. The number of carbonyl (C=O) groups is 3. The number of hydrogen-bond acceptors (Lipinski definition) is 6. The summed E-state index contributed by atoms with van der Waals surface area (Å²) < 4.78 is 8.64. The molecular formula is C21H24N7O4+. The minimum absolute atomic E-state index is 0.275. The summed E-state index contributed by atoms with van der Waals surface area (Å²) in [5.41, 5.74) is 7.80. The molecule has 1 aromatic carbocycles. The number of hydrogen-bond donors (Lipinski definition) is 1. The maximum Gasteiger partial charge on any atom is 0.421 e. The number of amidine groups is 1. The van der Waals surface area contributed by atoms with E-state index in [-0.39, 0.29) is 5.84 Å². The Morgan fingerprint density at radius 2 is 1.91 bits per heavy atom. The molecule has 2 aliphatic heterocycles. The highest BCUT2D eigenvalue weighted by Gasteiger charge is 2.53. The van der Waals surface area contributed by atoms with Crippen LogP contribution in [-0.4, -0.2) is 80.5 Å². The van der Waals surface area contributed by atoms with Crippen LogP contribution in [0, 0.1) is 13.8 Å². The molecule has 32 heavy (non-hydrogen) atoms.